The molecule has 2 N–H and O–H groups in total. The zero-order valence-electron chi connectivity index (χ0n) is 12.4. The molecule has 0 saturated carbocycles. The molecule has 0 aliphatic carbocycles. The van der Waals surface area contributed by atoms with E-state index < -0.39 is 0 Å². The highest BCUT2D eigenvalue weighted by atomic mass is 19.1. The fraction of sp³-hybridized carbons (Fsp3) is 0.294. The van der Waals surface area contributed by atoms with Crippen molar-refractivity contribution in [1.82, 2.24) is 0 Å². The van der Waals surface area contributed by atoms with Crippen molar-refractivity contribution in [3.05, 3.63) is 59.4 Å². The first-order valence-electron chi connectivity index (χ1n) is 7.13. The molecule has 1 heterocycles. The number of fused-ring (bicyclic) bond motifs is 1. The standard InChI is InChI=1S/C17H20FN3/c1-20(2)16-8-4-7-14-15(16)11-21(17(14)10-19)13-6-3-5-12(18)9-13/h3-9,17H,10-11,19H2,1-2H3. The average Bonchev–Trinajstić information content (AvgIpc) is 2.85. The van der Waals surface area contributed by atoms with E-state index in [1.165, 1.54) is 22.9 Å². The third kappa shape index (κ3) is 2.36. The van der Waals surface area contributed by atoms with Crippen LogP contribution in [-0.4, -0.2) is 20.6 Å². The van der Waals surface area contributed by atoms with Gasteiger partial charge in [-0.25, -0.2) is 4.39 Å². The molecule has 3 nitrogen and oxygen atoms in total. The van der Waals surface area contributed by atoms with Crippen LogP contribution in [0.3, 0.4) is 0 Å². The van der Waals surface area contributed by atoms with Gasteiger partial charge in [0.2, 0.25) is 0 Å². The van der Waals surface area contributed by atoms with Gasteiger partial charge < -0.3 is 15.5 Å². The summed E-state index contributed by atoms with van der Waals surface area (Å²) in [5, 5.41) is 0. The number of halogens is 1. The van der Waals surface area contributed by atoms with Crippen LogP contribution in [0.5, 0.6) is 0 Å². The van der Waals surface area contributed by atoms with E-state index in [1.807, 2.05) is 20.2 Å². The Kier molecular flexibility index (Phi) is 3.55. The molecule has 0 spiro atoms. The van der Waals surface area contributed by atoms with Gasteiger partial charge in [0.05, 0.1) is 6.04 Å². The number of nitrogens with zero attached hydrogens (tertiary/aromatic N) is 2. The Balaban J connectivity index is 2.05. The monoisotopic (exact) mass is 285 g/mol. The van der Waals surface area contributed by atoms with Gasteiger partial charge in [-0.2, -0.15) is 0 Å². The van der Waals surface area contributed by atoms with Gasteiger partial charge in [0.25, 0.3) is 0 Å². The van der Waals surface area contributed by atoms with Gasteiger partial charge in [0.1, 0.15) is 5.82 Å². The minimum atomic E-state index is -0.216. The second kappa shape index (κ2) is 5.37. The van der Waals surface area contributed by atoms with E-state index in [-0.39, 0.29) is 11.9 Å². The third-order valence-corrected chi connectivity index (χ3v) is 4.10. The summed E-state index contributed by atoms with van der Waals surface area (Å²) < 4.78 is 13.5. The smallest absolute Gasteiger partial charge is 0.125 e. The Bertz CT molecular complexity index is 654. The van der Waals surface area contributed by atoms with E-state index in [1.54, 1.807) is 12.1 Å². The van der Waals surface area contributed by atoms with E-state index in [2.05, 4.69) is 28.0 Å². The Labute approximate surface area is 124 Å². The van der Waals surface area contributed by atoms with Crippen molar-refractivity contribution < 1.29 is 4.39 Å². The number of rotatable bonds is 3. The van der Waals surface area contributed by atoms with Crippen molar-refractivity contribution in [2.24, 2.45) is 5.73 Å². The molecule has 0 fully saturated rings. The summed E-state index contributed by atoms with van der Waals surface area (Å²) in [7, 11) is 4.08. The Morgan fingerprint density at radius 3 is 2.67 bits per heavy atom. The Hall–Kier alpha value is -2.07. The molecule has 1 atom stereocenters. The van der Waals surface area contributed by atoms with E-state index in [0.717, 1.165) is 12.2 Å². The maximum absolute atomic E-state index is 13.5. The van der Waals surface area contributed by atoms with Gasteiger partial charge in [-0.1, -0.05) is 18.2 Å². The van der Waals surface area contributed by atoms with Crippen molar-refractivity contribution in [3.63, 3.8) is 0 Å². The van der Waals surface area contributed by atoms with Crippen LogP contribution in [0.25, 0.3) is 0 Å². The summed E-state index contributed by atoms with van der Waals surface area (Å²) in [6.07, 6.45) is 0. The molecule has 21 heavy (non-hydrogen) atoms. The molecule has 3 rings (SSSR count). The highest BCUT2D eigenvalue weighted by molar-refractivity contribution is 5.64. The lowest BCUT2D eigenvalue weighted by Gasteiger charge is -2.26. The lowest BCUT2D eigenvalue weighted by molar-refractivity contribution is 0.622. The van der Waals surface area contributed by atoms with Crippen molar-refractivity contribution in [2.45, 2.75) is 12.6 Å². The molecule has 0 saturated heterocycles. The summed E-state index contributed by atoms with van der Waals surface area (Å²) in [6.45, 7) is 1.27. The molecule has 0 radical (unpaired) electrons. The summed E-state index contributed by atoms with van der Waals surface area (Å²) in [5.74, 6) is -0.216. The molecule has 0 bridgehead atoms. The topological polar surface area (TPSA) is 32.5 Å². The first kappa shape index (κ1) is 13.9. The number of nitrogens with two attached hydrogens (primary N) is 1. The number of hydrogen-bond acceptors (Lipinski definition) is 3. The van der Waals surface area contributed by atoms with Crippen molar-refractivity contribution in [3.8, 4) is 0 Å². The normalized spacial score (nSPS) is 17.0. The van der Waals surface area contributed by atoms with E-state index >= 15 is 0 Å². The van der Waals surface area contributed by atoms with Crippen LogP contribution in [0.2, 0.25) is 0 Å². The van der Waals surface area contributed by atoms with Gasteiger partial charge >= 0.3 is 0 Å². The van der Waals surface area contributed by atoms with Crippen LogP contribution < -0.4 is 15.5 Å². The maximum atomic E-state index is 13.5. The predicted molar refractivity (Wildman–Crippen MR) is 85.1 cm³/mol. The highest BCUT2D eigenvalue weighted by Gasteiger charge is 2.31. The third-order valence-electron chi connectivity index (χ3n) is 4.10. The molecular formula is C17H20FN3. The predicted octanol–water partition coefficient (Wildman–Crippen LogP) is 2.91. The van der Waals surface area contributed by atoms with Crippen LogP contribution in [0.4, 0.5) is 15.8 Å². The second-order valence-corrected chi connectivity index (χ2v) is 5.60. The first-order valence-corrected chi connectivity index (χ1v) is 7.13. The van der Waals surface area contributed by atoms with Gasteiger partial charge in [-0.3, -0.25) is 0 Å². The molecule has 1 aliphatic heterocycles. The highest BCUT2D eigenvalue weighted by Crippen LogP contribution is 2.40. The van der Waals surface area contributed by atoms with Gasteiger partial charge in [-0.05, 0) is 29.8 Å². The molecular weight excluding hydrogens is 265 g/mol. The Morgan fingerprint density at radius 1 is 1.24 bits per heavy atom. The van der Waals surface area contributed by atoms with Crippen LogP contribution in [0.15, 0.2) is 42.5 Å². The van der Waals surface area contributed by atoms with Crippen LogP contribution in [-0.2, 0) is 6.54 Å². The number of benzene rings is 2. The van der Waals surface area contributed by atoms with Crippen molar-refractivity contribution in [1.29, 1.82) is 0 Å². The minimum absolute atomic E-state index is 0.0988. The average molecular weight is 285 g/mol. The zero-order valence-corrected chi connectivity index (χ0v) is 12.4. The molecule has 4 heteroatoms. The van der Waals surface area contributed by atoms with Gasteiger partial charge in [0.15, 0.2) is 0 Å². The summed E-state index contributed by atoms with van der Waals surface area (Å²) in [4.78, 5) is 4.29. The van der Waals surface area contributed by atoms with Crippen LogP contribution in [0.1, 0.15) is 17.2 Å². The lowest BCUT2D eigenvalue weighted by atomic mass is 10.0. The SMILES string of the molecule is CN(C)c1cccc2c1CN(c1cccc(F)c1)C2CN. The quantitative estimate of drug-likeness (QED) is 0.941. The molecule has 2 aromatic rings. The lowest BCUT2D eigenvalue weighted by Crippen LogP contribution is -2.27. The fourth-order valence-electron chi connectivity index (χ4n) is 3.12. The van der Waals surface area contributed by atoms with Crippen LogP contribution in [0, 0.1) is 5.82 Å². The van der Waals surface area contributed by atoms with E-state index in [9.17, 15) is 4.39 Å². The van der Waals surface area contributed by atoms with Gasteiger partial charge in [-0.15, -0.1) is 0 Å². The molecule has 2 aromatic carbocycles. The summed E-state index contributed by atoms with van der Waals surface area (Å²) in [6, 6.07) is 13.1. The number of anilines is 2. The molecule has 0 amide bonds. The molecule has 1 aliphatic rings. The largest absolute Gasteiger partial charge is 0.377 e. The molecule has 1 unspecified atom stereocenters. The molecule has 0 aromatic heterocycles. The Morgan fingerprint density at radius 2 is 2.00 bits per heavy atom. The first-order chi connectivity index (χ1) is 10.1. The van der Waals surface area contributed by atoms with Crippen molar-refractivity contribution >= 4 is 11.4 Å². The summed E-state index contributed by atoms with van der Waals surface area (Å²) >= 11 is 0. The second-order valence-electron chi connectivity index (χ2n) is 5.60. The minimum Gasteiger partial charge on any atom is -0.377 e. The molecule has 110 valence electrons. The zero-order chi connectivity index (χ0) is 15.0. The van der Waals surface area contributed by atoms with E-state index in [4.69, 9.17) is 5.73 Å². The maximum Gasteiger partial charge on any atom is 0.125 e. The fourth-order valence-corrected chi connectivity index (χ4v) is 3.12. The summed E-state index contributed by atoms with van der Waals surface area (Å²) in [5.41, 5.74) is 10.6. The number of hydrogen-bond donors (Lipinski definition) is 1. The van der Waals surface area contributed by atoms with Crippen molar-refractivity contribution in [2.75, 3.05) is 30.4 Å². The van der Waals surface area contributed by atoms with Crippen LogP contribution >= 0.6 is 0 Å². The van der Waals surface area contributed by atoms with E-state index in [0.29, 0.717) is 6.54 Å². The van der Waals surface area contributed by atoms with Gasteiger partial charge in [0, 0.05) is 44.1 Å².